The first-order chi connectivity index (χ1) is 9.92. The first-order valence-electron chi connectivity index (χ1n) is 6.75. The molecule has 6 nitrogen and oxygen atoms in total. The van der Waals surface area contributed by atoms with Gasteiger partial charge in [0.2, 0.25) is 0 Å². The van der Waals surface area contributed by atoms with Crippen LogP contribution in [0.25, 0.3) is 11.0 Å². The number of hydrogen-bond acceptors (Lipinski definition) is 5. The molecular formula is C14H14N6. The SMILES string of the molecule is c1cc2c(cn1)CCCC2Nc1ncnc2[nH]ncc12. The van der Waals surface area contributed by atoms with E-state index in [1.807, 2.05) is 12.4 Å². The summed E-state index contributed by atoms with van der Waals surface area (Å²) in [5.74, 6) is 0.832. The van der Waals surface area contributed by atoms with E-state index in [1.54, 1.807) is 12.5 Å². The maximum absolute atomic E-state index is 4.35. The molecule has 0 spiro atoms. The second-order valence-corrected chi connectivity index (χ2v) is 5.02. The predicted molar refractivity (Wildman–Crippen MR) is 75.2 cm³/mol. The van der Waals surface area contributed by atoms with Crippen molar-refractivity contribution in [1.82, 2.24) is 25.1 Å². The van der Waals surface area contributed by atoms with Crippen molar-refractivity contribution < 1.29 is 0 Å². The second-order valence-electron chi connectivity index (χ2n) is 5.02. The summed E-state index contributed by atoms with van der Waals surface area (Å²) in [4.78, 5) is 12.7. The molecule has 3 aromatic rings. The molecule has 0 fully saturated rings. The third-order valence-corrected chi connectivity index (χ3v) is 3.81. The Labute approximate surface area is 115 Å². The van der Waals surface area contributed by atoms with Crippen LogP contribution < -0.4 is 5.32 Å². The van der Waals surface area contributed by atoms with Crippen LogP contribution in [0.15, 0.2) is 31.0 Å². The van der Waals surface area contributed by atoms with Crippen molar-refractivity contribution in [1.29, 1.82) is 0 Å². The Balaban J connectivity index is 1.72. The molecule has 2 N–H and O–H groups in total. The number of aromatic amines is 1. The van der Waals surface area contributed by atoms with E-state index in [0.29, 0.717) is 0 Å². The van der Waals surface area contributed by atoms with Gasteiger partial charge in [0.1, 0.15) is 12.1 Å². The monoisotopic (exact) mass is 266 g/mol. The number of H-pyrrole nitrogens is 1. The number of hydrogen-bond donors (Lipinski definition) is 2. The van der Waals surface area contributed by atoms with Crippen LogP contribution in [-0.4, -0.2) is 25.1 Å². The van der Waals surface area contributed by atoms with Crippen LogP contribution in [0.4, 0.5) is 5.82 Å². The normalized spacial score (nSPS) is 17.9. The lowest BCUT2D eigenvalue weighted by Crippen LogP contribution is -2.18. The zero-order valence-electron chi connectivity index (χ0n) is 10.9. The van der Waals surface area contributed by atoms with Gasteiger partial charge in [-0.15, -0.1) is 0 Å². The van der Waals surface area contributed by atoms with Crippen molar-refractivity contribution in [2.24, 2.45) is 0 Å². The smallest absolute Gasteiger partial charge is 0.160 e. The van der Waals surface area contributed by atoms with E-state index >= 15 is 0 Å². The summed E-state index contributed by atoms with van der Waals surface area (Å²) in [7, 11) is 0. The Morgan fingerprint density at radius 2 is 2.25 bits per heavy atom. The quantitative estimate of drug-likeness (QED) is 0.743. The molecule has 1 aliphatic rings. The molecule has 0 aromatic carbocycles. The molecule has 6 heteroatoms. The molecule has 0 radical (unpaired) electrons. The molecular weight excluding hydrogens is 252 g/mol. The number of pyridine rings is 1. The van der Waals surface area contributed by atoms with Crippen molar-refractivity contribution in [2.45, 2.75) is 25.3 Å². The van der Waals surface area contributed by atoms with Crippen LogP contribution in [-0.2, 0) is 6.42 Å². The van der Waals surface area contributed by atoms with Gasteiger partial charge < -0.3 is 5.32 Å². The zero-order valence-corrected chi connectivity index (χ0v) is 10.9. The van der Waals surface area contributed by atoms with Gasteiger partial charge in [-0.05, 0) is 36.5 Å². The number of rotatable bonds is 2. The van der Waals surface area contributed by atoms with Gasteiger partial charge in [0, 0.05) is 12.4 Å². The van der Waals surface area contributed by atoms with Gasteiger partial charge in [-0.25, -0.2) is 9.97 Å². The van der Waals surface area contributed by atoms with Gasteiger partial charge >= 0.3 is 0 Å². The maximum atomic E-state index is 4.35. The summed E-state index contributed by atoms with van der Waals surface area (Å²) < 4.78 is 0. The molecule has 20 heavy (non-hydrogen) atoms. The van der Waals surface area contributed by atoms with Gasteiger partial charge in [0.05, 0.1) is 17.6 Å². The number of aryl methyl sites for hydroxylation is 1. The number of aromatic nitrogens is 5. The Morgan fingerprint density at radius 1 is 1.25 bits per heavy atom. The Bertz CT molecular complexity index is 750. The van der Waals surface area contributed by atoms with Crippen molar-refractivity contribution in [3.8, 4) is 0 Å². The number of nitrogens with zero attached hydrogens (tertiary/aromatic N) is 4. The predicted octanol–water partition coefficient (Wildman–Crippen LogP) is 2.24. The first kappa shape index (κ1) is 11.3. The molecule has 1 aliphatic carbocycles. The van der Waals surface area contributed by atoms with Crippen molar-refractivity contribution in [3.63, 3.8) is 0 Å². The topological polar surface area (TPSA) is 79.4 Å². The molecule has 0 aliphatic heterocycles. The summed E-state index contributed by atoms with van der Waals surface area (Å²) in [6.45, 7) is 0. The lowest BCUT2D eigenvalue weighted by molar-refractivity contribution is 0.597. The van der Waals surface area contributed by atoms with Crippen LogP contribution in [0.1, 0.15) is 30.0 Å². The second kappa shape index (κ2) is 4.56. The standard InChI is InChI=1S/C14H14N6/c1-2-9-6-15-5-4-10(9)12(3-1)19-13-11-7-18-20-14(11)17-8-16-13/h4-8,12H,1-3H2,(H2,16,17,18,19,20). The van der Waals surface area contributed by atoms with Crippen LogP contribution in [0, 0.1) is 0 Å². The fourth-order valence-corrected chi connectivity index (χ4v) is 2.83. The highest BCUT2D eigenvalue weighted by molar-refractivity contribution is 5.85. The first-order valence-corrected chi connectivity index (χ1v) is 6.75. The van der Waals surface area contributed by atoms with Crippen LogP contribution in [0.2, 0.25) is 0 Å². The fraction of sp³-hybridized carbons (Fsp3) is 0.286. The summed E-state index contributed by atoms with van der Waals surface area (Å²) >= 11 is 0. The van der Waals surface area contributed by atoms with E-state index in [0.717, 1.165) is 36.1 Å². The van der Waals surface area contributed by atoms with Gasteiger partial charge in [-0.2, -0.15) is 5.10 Å². The minimum Gasteiger partial charge on any atom is -0.363 e. The third kappa shape index (κ3) is 1.80. The fourth-order valence-electron chi connectivity index (χ4n) is 2.83. The Hall–Kier alpha value is -2.50. The van der Waals surface area contributed by atoms with Crippen molar-refractivity contribution in [3.05, 3.63) is 42.1 Å². The van der Waals surface area contributed by atoms with Crippen LogP contribution in [0.5, 0.6) is 0 Å². The number of nitrogens with one attached hydrogen (secondary N) is 2. The minimum atomic E-state index is 0.273. The highest BCUT2D eigenvalue weighted by Crippen LogP contribution is 2.32. The Kier molecular flexibility index (Phi) is 2.58. The highest BCUT2D eigenvalue weighted by Gasteiger charge is 2.21. The van der Waals surface area contributed by atoms with E-state index < -0.39 is 0 Å². The summed E-state index contributed by atoms with van der Waals surface area (Å²) in [6, 6.07) is 2.37. The lowest BCUT2D eigenvalue weighted by Gasteiger charge is -2.26. The Morgan fingerprint density at radius 3 is 3.25 bits per heavy atom. The van der Waals surface area contributed by atoms with E-state index in [4.69, 9.17) is 0 Å². The van der Waals surface area contributed by atoms with E-state index in [9.17, 15) is 0 Å². The lowest BCUT2D eigenvalue weighted by atomic mass is 9.89. The molecule has 1 unspecified atom stereocenters. The van der Waals surface area contributed by atoms with Crippen LogP contribution >= 0.6 is 0 Å². The molecule has 0 amide bonds. The van der Waals surface area contributed by atoms with Gasteiger partial charge in [0.25, 0.3) is 0 Å². The molecule has 0 saturated carbocycles. The highest BCUT2D eigenvalue weighted by atomic mass is 15.2. The molecule has 0 bridgehead atoms. The van der Waals surface area contributed by atoms with Gasteiger partial charge in [0.15, 0.2) is 5.65 Å². The molecule has 100 valence electrons. The van der Waals surface area contributed by atoms with Crippen LogP contribution in [0.3, 0.4) is 0 Å². The average Bonchev–Trinajstić information content (AvgIpc) is 2.97. The summed E-state index contributed by atoms with van der Waals surface area (Å²) in [6.07, 6.45) is 10.5. The third-order valence-electron chi connectivity index (χ3n) is 3.81. The number of anilines is 1. The molecule has 4 rings (SSSR count). The van der Waals surface area contributed by atoms with E-state index in [-0.39, 0.29) is 6.04 Å². The molecule has 1 atom stereocenters. The van der Waals surface area contributed by atoms with Crippen molar-refractivity contribution in [2.75, 3.05) is 5.32 Å². The molecule has 0 saturated heterocycles. The summed E-state index contributed by atoms with van der Waals surface area (Å²) in [5.41, 5.74) is 3.41. The average molecular weight is 266 g/mol. The minimum absolute atomic E-state index is 0.273. The van der Waals surface area contributed by atoms with E-state index in [2.05, 4.69) is 36.5 Å². The zero-order chi connectivity index (χ0) is 13.4. The summed E-state index contributed by atoms with van der Waals surface area (Å²) in [5, 5.41) is 11.3. The van der Waals surface area contributed by atoms with Gasteiger partial charge in [-0.1, -0.05) is 0 Å². The maximum Gasteiger partial charge on any atom is 0.160 e. The molecule has 3 aromatic heterocycles. The number of fused-ring (bicyclic) bond motifs is 2. The molecule has 3 heterocycles. The van der Waals surface area contributed by atoms with Crippen molar-refractivity contribution >= 4 is 16.9 Å². The largest absolute Gasteiger partial charge is 0.363 e. The van der Waals surface area contributed by atoms with E-state index in [1.165, 1.54) is 11.1 Å². The van der Waals surface area contributed by atoms with Gasteiger partial charge in [-0.3, -0.25) is 10.1 Å².